The minimum atomic E-state index is -0.0839. The van der Waals surface area contributed by atoms with Crippen LogP contribution in [0.3, 0.4) is 0 Å². The summed E-state index contributed by atoms with van der Waals surface area (Å²) >= 11 is 0. The van der Waals surface area contributed by atoms with Gasteiger partial charge in [0, 0.05) is 18.1 Å². The lowest BCUT2D eigenvalue weighted by Gasteiger charge is -2.39. The third-order valence-electron chi connectivity index (χ3n) is 4.68. The number of piperidine rings is 1. The Hall–Kier alpha value is -0.120. The summed E-state index contributed by atoms with van der Waals surface area (Å²) in [4.78, 5) is 2.61. The topological polar surface area (TPSA) is 35.5 Å². The zero-order valence-electron chi connectivity index (χ0n) is 14.3. The second-order valence-electron chi connectivity index (χ2n) is 7.74. The van der Waals surface area contributed by atoms with Crippen molar-refractivity contribution in [3.63, 3.8) is 0 Å². The minimum absolute atomic E-state index is 0.0839. The van der Waals surface area contributed by atoms with Gasteiger partial charge in [-0.25, -0.2) is 0 Å². The molecule has 1 saturated heterocycles. The molecular formula is C17H36N2O. The fourth-order valence-electron chi connectivity index (χ4n) is 3.58. The van der Waals surface area contributed by atoms with E-state index in [1.54, 1.807) is 0 Å². The lowest BCUT2D eigenvalue weighted by molar-refractivity contribution is 0.101. The van der Waals surface area contributed by atoms with Gasteiger partial charge in [-0.2, -0.15) is 0 Å². The van der Waals surface area contributed by atoms with Crippen molar-refractivity contribution in [2.75, 3.05) is 26.2 Å². The van der Waals surface area contributed by atoms with E-state index in [9.17, 15) is 5.11 Å². The van der Waals surface area contributed by atoms with Gasteiger partial charge in [-0.05, 0) is 50.6 Å². The van der Waals surface area contributed by atoms with E-state index in [1.807, 2.05) is 0 Å². The molecule has 1 aliphatic rings. The van der Waals surface area contributed by atoms with Gasteiger partial charge in [-0.15, -0.1) is 0 Å². The fourth-order valence-corrected chi connectivity index (χ4v) is 3.58. The number of aliphatic hydroxyl groups is 1. The van der Waals surface area contributed by atoms with Crippen LogP contribution in [0.4, 0.5) is 0 Å². The van der Waals surface area contributed by atoms with Crippen LogP contribution in [0.2, 0.25) is 0 Å². The second kappa shape index (κ2) is 7.77. The molecule has 3 nitrogen and oxygen atoms in total. The van der Waals surface area contributed by atoms with Crippen LogP contribution in [0.25, 0.3) is 0 Å². The molecular weight excluding hydrogens is 248 g/mol. The van der Waals surface area contributed by atoms with Crippen molar-refractivity contribution < 1.29 is 5.11 Å². The van der Waals surface area contributed by atoms with Crippen LogP contribution in [-0.4, -0.2) is 47.8 Å². The maximum Gasteiger partial charge on any atom is 0.0613 e. The first kappa shape index (κ1) is 17.9. The first-order chi connectivity index (χ1) is 9.32. The highest BCUT2D eigenvalue weighted by Crippen LogP contribution is 2.28. The van der Waals surface area contributed by atoms with Gasteiger partial charge in [0.15, 0.2) is 0 Å². The minimum Gasteiger partial charge on any atom is -0.394 e. The zero-order chi connectivity index (χ0) is 15.2. The molecule has 1 heterocycles. The molecule has 0 spiro atoms. The van der Waals surface area contributed by atoms with Gasteiger partial charge in [0.05, 0.1) is 6.61 Å². The van der Waals surface area contributed by atoms with Gasteiger partial charge in [0.1, 0.15) is 0 Å². The Morgan fingerprint density at radius 3 is 2.55 bits per heavy atom. The third-order valence-corrected chi connectivity index (χ3v) is 4.68. The summed E-state index contributed by atoms with van der Waals surface area (Å²) in [5.41, 5.74) is 0.396. The summed E-state index contributed by atoms with van der Waals surface area (Å²) in [6.07, 6.45) is 5.91. The molecule has 3 heteroatoms. The van der Waals surface area contributed by atoms with Crippen molar-refractivity contribution in [2.45, 2.75) is 78.3 Å². The standard InChI is InChI=1S/C17H36N2O/c1-6-17(14-20,18-15(2)3)10-8-12-19-11-7-9-16(4,5)13-19/h15,18,20H,6-14H2,1-5H3. The highest BCUT2D eigenvalue weighted by Gasteiger charge is 2.29. The fraction of sp³-hybridized carbons (Fsp3) is 1.00. The predicted molar refractivity (Wildman–Crippen MR) is 87.1 cm³/mol. The van der Waals surface area contributed by atoms with Crippen molar-refractivity contribution >= 4 is 0 Å². The Morgan fingerprint density at radius 1 is 1.35 bits per heavy atom. The number of aliphatic hydroxyl groups excluding tert-OH is 1. The van der Waals surface area contributed by atoms with Crippen LogP contribution in [0.15, 0.2) is 0 Å². The van der Waals surface area contributed by atoms with Gasteiger partial charge in [-0.3, -0.25) is 0 Å². The number of hydrogen-bond donors (Lipinski definition) is 2. The molecule has 0 aromatic carbocycles. The Bertz CT molecular complexity index is 272. The highest BCUT2D eigenvalue weighted by molar-refractivity contribution is 4.88. The summed E-state index contributed by atoms with van der Waals surface area (Å²) in [6, 6.07) is 0.427. The molecule has 0 aromatic rings. The summed E-state index contributed by atoms with van der Waals surface area (Å²) in [7, 11) is 0. The molecule has 0 bridgehead atoms. The molecule has 1 atom stereocenters. The van der Waals surface area contributed by atoms with Gasteiger partial charge in [-0.1, -0.05) is 34.6 Å². The largest absolute Gasteiger partial charge is 0.394 e. The number of rotatable bonds is 8. The van der Waals surface area contributed by atoms with E-state index in [1.165, 1.54) is 38.9 Å². The SMILES string of the molecule is CCC(CO)(CCCN1CCCC(C)(C)C1)NC(C)C. The Kier molecular flexibility index (Phi) is 6.96. The van der Waals surface area contributed by atoms with Crippen LogP contribution in [0.5, 0.6) is 0 Å². The smallest absolute Gasteiger partial charge is 0.0613 e. The van der Waals surface area contributed by atoms with Crippen LogP contribution in [0.1, 0.15) is 66.7 Å². The molecule has 1 rings (SSSR count). The van der Waals surface area contributed by atoms with E-state index in [4.69, 9.17) is 0 Å². The second-order valence-corrected chi connectivity index (χ2v) is 7.74. The average molecular weight is 284 g/mol. The lowest BCUT2D eigenvalue weighted by atomic mass is 9.84. The predicted octanol–water partition coefficient (Wildman–Crippen LogP) is 3.03. The molecule has 1 aliphatic heterocycles. The molecule has 1 unspecified atom stereocenters. The van der Waals surface area contributed by atoms with Crippen molar-refractivity contribution in [1.82, 2.24) is 10.2 Å². The van der Waals surface area contributed by atoms with Crippen molar-refractivity contribution in [1.29, 1.82) is 0 Å². The number of likely N-dealkylation sites (tertiary alicyclic amines) is 1. The zero-order valence-corrected chi connectivity index (χ0v) is 14.3. The first-order valence-electron chi connectivity index (χ1n) is 8.43. The van der Waals surface area contributed by atoms with Gasteiger partial charge < -0.3 is 15.3 Å². The molecule has 0 amide bonds. The maximum atomic E-state index is 9.77. The van der Waals surface area contributed by atoms with E-state index < -0.39 is 0 Å². The Morgan fingerprint density at radius 2 is 2.05 bits per heavy atom. The summed E-state index contributed by atoms with van der Waals surface area (Å²) in [6.45, 7) is 15.1. The monoisotopic (exact) mass is 284 g/mol. The lowest BCUT2D eigenvalue weighted by Crippen LogP contribution is -2.51. The first-order valence-corrected chi connectivity index (χ1v) is 8.43. The van der Waals surface area contributed by atoms with Crippen LogP contribution < -0.4 is 5.32 Å². The van der Waals surface area contributed by atoms with E-state index in [2.05, 4.69) is 44.8 Å². The van der Waals surface area contributed by atoms with E-state index in [0.717, 1.165) is 12.8 Å². The van der Waals surface area contributed by atoms with Crippen LogP contribution in [0, 0.1) is 5.41 Å². The molecule has 0 radical (unpaired) electrons. The van der Waals surface area contributed by atoms with Gasteiger partial charge >= 0.3 is 0 Å². The summed E-state index contributed by atoms with van der Waals surface area (Å²) in [5.74, 6) is 0. The van der Waals surface area contributed by atoms with Crippen LogP contribution in [-0.2, 0) is 0 Å². The van der Waals surface area contributed by atoms with Crippen LogP contribution >= 0.6 is 0 Å². The van der Waals surface area contributed by atoms with Gasteiger partial charge in [0.25, 0.3) is 0 Å². The van der Waals surface area contributed by atoms with Crippen molar-refractivity contribution in [3.05, 3.63) is 0 Å². The Balaban J connectivity index is 2.40. The average Bonchev–Trinajstić information content (AvgIpc) is 2.36. The molecule has 0 aromatic heterocycles. The van der Waals surface area contributed by atoms with E-state index in [0.29, 0.717) is 11.5 Å². The molecule has 20 heavy (non-hydrogen) atoms. The normalized spacial score (nSPS) is 22.9. The van der Waals surface area contributed by atoms with E-state index in [-0.39, 0.29) is 12.1 Å². The highest BCUT2D eigenvalue weighted by atomic mass is 16.3. The number of nitrogens with one attached hydrogen (secondary N) is 1. The third kappa shape index (κ3) is 5.71. The molecule has 1 fully saturated rings. The molecule has 2 N–H and O–H groups in total. The summed E-state index contributed by atoms with van der Waals surface area (Å²) in [5, 5.41) is 13.3. The van der Waals surface area contributed by atoms with Crippen molar-refractivity contribution in [2.24, 2.45) is 5.41 Å². The Labute approximate surface area is 126 Å². The summed E-state index contributed by atoms with van der Waals surface area (Å²) < 4.78 is 0. The molecule has 120 valence electrons. The maximum absolute atomic E-state index is 9.77. The number of nitrogens with zero attached hydrogens (tertiary/aromatic N) is 1. The number of hydrogen-bond acceptors (Lipinski definition) is 3. The van der Waals surface area contributed by atoms with Gasteiger partial charge in [0.2, 0.25) is 0 Å². The quantitative estimate of drug-likeness (QED) is 0.719. The van der Waals surface area contributed by atoms with E-state index >= 15 is 0 Å². The molecule has 0 aliphatic carbocycles. The molecule has 0 saturated carbocycles. The van der Waals surface area contributed by atoms with Crippen molar-refractivity contribution in [3.8, 4) is 0 Å².